The first kappa shape index (κ1) is 27.4. The molecule has 0 unspecified atom stereocenters. The van der Waals surface area contributed by atoms with E-state index in [0.717, 1.165) is 22.8 Å². The normalized spacial score (nSPS) is 34.4. The average molecular weight is 522 g/mol. The molecule has 5 atom stereocenters. The minimum absolute atomic E-state index is 0.000556. The van der Waals surface area contributed by atoms with Gasteiger partial charge in [0.1, 0.15) is 11.4 Å². The van der Waals surface area contributed by atoms with E-state index in [9.17, 15) is 23.1 Å². The van der Waals surface area contributed by atoms with E-state index in [4.69, 9.17) is 0 Å². The minimum Gasteiger partial charge on any atom is -0.378 e. The fraction of sp³-hybridized carbons (Fsp3) is 0.552. The Hall–Kier alpha value is -2.66. The Morgan fingerprint density at radius 1 is 1.22 bits per heavy atom. The van der Waals surface area contributed by atoms with Crippen molar-refractivity contribution >= 4 is 5.78 Å². The number of halogens is 5. The van der Waals surface area contributed by atoms with Gasteiger partial charge in [-0.15, -0.1) is 0 Å². The standard InChI is InChI=1S/C29H32F5NO2/c1-5-18(35(3)4)15-24(30)26(31)22-16-27(2)23(10-11-28(27,37)12-13-29(32,33)34)21-8-6-17-14-19(36)7-9-20(17)25(21)22/h5,14-15,21-23,37H,1,6-11,16H2,2-4H3/b18-15+,26-24+/t21-,22-,23-,27-,28+/m0/s1. The summed E-state index contributed by atoms with van der Waals surface area (Å²) in [5, 5.41) is 11.5. The van der Waals surface area contributed by atoms with Gasteiger partial charge in [-0.1, -0.05) is 25.0 Å². The molecule has 2 fully saturated rings. The van der Waals surface area contributed by atoms with Crippen molar-refractivity contribution in [3.05, 3.63) is 58.9 Å². The fourth-order valence-corrected chi connectivity index (χ4v) is 7.01. The smallest absolute Gasteiger partial charge is 0.378 e. The largest absolute Gasteiger partial charge is 0.457 e. The Bertz CT molecular complexity index is 1190. The lowest BCUT2D eigenvalue weighted by molar-refractivity contribution is -0.114. The van der Waals surface area contributed by atoms with Crippen LogP contribution >= 0.6 is 0 Å². The number of carbonyl (C=O) groups excluding carboxylic acids is 1. The van der Waals surface area contributed by atoms with Crippen molar-refractivity contribution in [2.24, 2.45) is 23.2 Å². The van der Waals surface area contributed by atoms with E-state index >= 15 is 8.78 Å². The van der Waals surface area contributed by atoms with E-state index in [2.05, 4.69) is 12.5 Å². The first-order valence-corrected chi connectivity index (χ1v) is 12.6. The lowest BCUT2D eigenvalue weighted by Gasteiger charge is -2.53. The number of nitrogens with zero attached hydrogens (tertiary/aromatic N) is 1. The van der Waals surface area contributed by atoms with E-state index in [0.29, 0.717) is 31.4 Å². The molecule has 2 saturated carbocycles. The zero-order valence-corrected chi connectivity index (χ0v) is 21.3. The Morgan fingerprint density at radius 2 is 1.92 bits per heavy atom. The number of rotatable bonds is 4. The van der Waals surface area contributed by atoms with Crippen molar-refractivity contribution in [3.8, 4) is 11.8 Å². The monoisotopic (exact) mass is 521 g/mol. The number of alkyl halides is 3. The lowest BCUT2D eigenvalue weighted by atomic mass is 9.52. The highest BCUT2D eigenvalue weighted by molar-refractivity contribution is 5.93. The molecule has 0 aromatic carbocycles. The van der Waals surface area contributed by atoms with Crippen LogP contribution in [0.2, 0.25) is 0 Å². The third-order valence-electron chi connectivity index (χ3n) is 8.83. The van der Waals surface area contributed by atoms with Crippen molar-refractivity contribution in [3.63, 3.8) is 0 Å². The third-order valence-corrected chi connectivity index (χ3v) is 8.83. The van der Waals surface area contributed by atoms with Crippen LogP contribution in [0.1, 0.15) is 51.9 Å². The Kier molecular flexibility index (Phi) is 7.09. The topological polar surface area (TPSA) is 40.5 Å². The maximum absolute atomic E-state index is 16.1. The summed E-state index contributed by atoms with van der Waals surface area (Å²) >= 11 is 0. The van der Waals surface area contributed by atoms with E-state index in [-0.39, 0.29) is 36.9 Å². The maximum Gasteiger partial charge on any atom is 0.457 e. The predicted molar refractivity (Wildman–Crippen MR) is 131 cm³/mol. The number of aliphatic hydroxyl groups is 1. The summed E-state index contributed by atoms with van der Waals surface area (Å²) in [6.45, 7) is 5.30. The van der Waals surface area contributed by atoms with Gasteiger partial charge in [-0.05, 0) is 79.7 Å². The quantitative estimate of drug-likeness (QED) is 0.261. The van der Waals surface area contributed by atoms with Crippen molar-refractivity contribution in [2.45, 2.75) is 63.6 Å². The van der Waals surface area contributed by atoms with Crippen molar-refractivity contribution < 1.29 is 31.9 Å². The molecule has 0 aromatic heterocycles. The molecule has 0 amide bonds. The minimum atomic E-state index is -4.78. The van der Waals surface area contributed by atoms with Gasteiger partial charge in [0.2, 0.25) is 0 Å². The van der Waals surface area contributed by atoms with Gasteiger partial charge in [0.25, 0.3) is 0 Å². The summed E-state index contributed by atoms with van der Waals surface area (Å²) in [7, 11) is 3.33. The van der Waals surface area contributed by atoms with E-state index in [1.54, 1.807) is 32.0 Å². The van der Waals surface area contributed by atoms with E-state index in [1.165, 1.54) is 12.0 Å². The zero-order valence-electron chi connectivity index (χ0n) is 21.3. The molecule has 0 radical (unpaired) electrons. The summed E-state index contributed by atoms with van der Waals surface area (Å²) < 4.78 is 70.5. The van der Waals surface area contributed by atoms with Crippen LogP contribution in [-0.4, -0.2) is 41.7 Å². The molecule has 37 heavy (non-hydrogen) atoms. The van der Waals surface area contributed by atoms with Gasteiger partial charge in [0, 0.05) is 43.5 Å². The highest BCUT2D eigenvalue weighted by Gasteiger charge is 2.63. The summed E-state index contributed by atoms with van der Waals surface area (Å²) in [5.74, 6) is -0.369. The first-order valence-electron chi connectivity index (χ1n) is 12.6. The van der Waals surface area contributed by atoms with Crippen LogP contribution in [0.25, 0.3) is 0 Å². The number of allylic oxidation sites excluding steroid dienone is 8. The highest BCUT2D eigenvalue weighted by Crippen LogP contribution is 2.66. The SMILES string of the molecule is C=C/C(=C\C(F)=C(/F)[C@H]1C[C@@]2(C)[C@@H](CC[C@@]2(O)C#CC(F)(F)F)[C@@H]2CCC3=CC(=O)CCC3=C21)N(C)C. The number of hydrogen-bond donors (Lipinski definition) is 1. The van der Waals surface area contributed by atoms with Gasteiger partial charge in [0.05, 0.1) is 0 Å². The van der Waals surface area contributed by atoms with Crippen molar-refractivity contribution in [2.75, 3.05) is 14.1 Å². The van der Waals surface area contributed by atoms with Gasteiger partial charge < -0.3 is 10.0 Å². The first-order chi connectivity index (χ1) is 17.2. The molecule has 0 spiro atoms. The number of ketones is 1. The van der Waals surface area contributed by atoms with Crippen LogP contribution in [0.15, 0.2) is 58.9 Å². The van der Waals surface area contributed by atoms with Crippen molar-refractivity contribution in [1.82, 2.24) is 4.90 Å². The number of hydrogen-bond acceptors (Lipinski definition) is 3. The average Bonchev–Trinajstić information content (AvgIpc) is 3.09. The van der Waals surface area contributed by atoms with Gasteiger partial charge in [-0.3, -0.25) is 4.79 Å². The van der Waals surface area contributed by atoms with Crippen LogP contribution in [0.4, 0.5) is 22.0 Å². The van der Waals surface area contributed by atoms with Crippen LogP contribution in [-0.2, 0) is 4.79 Å². The fourth-order valence-electron chi connectivity index (χ4n) is 7.01. The lowest BCUT2D eigenvalue weighted by Crippen LogP contribution is -2.51. The molecule has 4 aliphatic rings. The molecule has 0 bridgehead atoms. The number of carbonyl (C=O) groups is 1. The Balaban J connectivity index is 1.90. The van der Waals surface area contributed by atoms with Gasteiger partial charge >= 0.3 is 6.18 Å². The summed E-state index contributed by atoms with van der Waals surface area (Å²) in [5.41, 5.74) is -0.383. The van der Waals surface area contributed by atoms with Gasteiger partial charge in [-0.25, -0.2) is 8.78 Å². The molecular weight excluding hydrogens is 489 g/mol. The number of fused-ring (bicyclic) bond motifs is 4. The second kappa shape index (κ2) is 9.58. The Morgan fingerprint density at radius 3 is 2.54 bits per heavy atom. The predicted octanol–water partition coefficient (Wildman–Crippen LogP) is 6.50. The second-order valence-corrected chi connectivity index (χ2v) is 11.0. The molecule has 0 aromatic rings. The maximum atomic E-state index is 16.1. The van der Waals surface area contributed by atoms with Gasteiger partial charge in [-0.2, -0.15) is 13.2 Å². The van der Waals surface area contributed by atoms with Crippen LogP contribution in [0.5, 0.6) is 0 Å². The van der Waals surface area contributed by atoms with E-state index in [1.807, 2.05) is 0 Å². The highest BCUT2D eigenvalue weighted by atomic mass is 19.4. The van der Waals surface area contributed by atoms with Gasteiger partial charge in [0.15, 0.2) is 11.6 Å². The molecule has 0 aliphatic heterocycles. The third kappa shape index (κ3) is 4.83. The Labute approximate surface area is 214 Å². The van der Waals surface area contributed by atoms with Crippen molar-refractivity contribution in [1.29, 1.82) is 0 Å². The summed E-state index contributed by atoms with van der Waals surface area (Å²) in [4.78, 5) is 13.7. The molecule has 3 nitrogen and oxygen atoms in total. The molecule has 1 N–H and O–H groups in total. The molecule has 8 heteroatoms. The summed E-state index contributed by atoms with van der Waals surface area (Å²) in [6, 6.07) is 0. The van der Waals surface area contributed by atoms with Crippen LogP contribution in [0.3, 0.4) is 0 Å². The molecule has 4 aliphatic carbocycles. The molecular formula is C29H32F5NO2. The number of likely N-dealkylation sites (N-methyl/N-ethyl adjacent to an activating group) is 1. The molecule has 200 valence electrons. The molecule has 4 rings (SSSR count). The molecule has 0 saturated heterocycles. The van der Waals surface area contributed by atoms with Crippen LogP contribution in [0, 0.1) is 35.0 Å². The van der Waals surface area contributed by atoms with Crippen LogP contribution < -0.4 is 0 Å². The summed E-state index contributed by atoms with van der Waals surface area (Å²) in [6.07, 6.45) is 1.46. The van der Waals surface area contributed by atoms with E-state index < -0.39 is 34.8 Å². The zero-order chi connectivity index (χ0) is 27.3. The molecule has 0 heterocycles. The second-order valence-electron chi connectivity index (χ2n) is 11.0.